The van der Waals surface area contributed by atoms with Crippen molar-refractivity contribution in [2.45, 2.75) is 33.0 Å². The zero-order valence-corrected chi connectivity index (χ0v) is 18.6. The molecule has 11 heteroatoms. The number of anilines is 1. The lowest BCUT2D eigenvalue weighted by atomic mass is 10.1. The summed E-state index contributed by atoms with van der Waals surface area (Å²) in [6.07, 6.45) is -2.29. The van der Waals surface area contributed by atoms with Gasteiger partial charge >= 0.3 is 6.18 Å². The molecule has 0 saturated heterocycles. The third kappa shape index (κ3) is 5.97. The van der Waals surface area contributed by atoms with Crippen LogP contribution in [0.25, 0.3) is 0 Å². The van der Waals surface area contributed by atoms with E-state index in [9.17, 15) is 18.0 Å². The van der Waals surface area contributed by atoms with Crippen LogP contribution in [0.1, 0.15) is 36.7 Å². The fourth-order valence-electron chi connectivity index (χ4n) is 2.90. The molecule has 0 spiro atoms. The smallest absolute Gasteiger partial charge is 0.417 e. The van der Waals surface area contributed by atoms with Gasteiger partial charge in [-0.3, -0.25) is 4.79 Å². The Balaban J connectivity index is 2.21. The zero-order valence-electron chi connectivity index (χ0n) is 17.8. The molecule has 0 bridgehead atoms. The van der Waals surface area contributed by atoms with Gasteiger partial charge in [0.2, 0.25) is 5.88 Å². The van der Waals surface area contributed by atoms with E-state index in [0.29, 0.717) is 12.7 Å². The number of ether oxygens (including phenoxy) is 1. The van der Waals surface area contributed by atoms with Gasteiger partial charge in [-0.25, -0.2) is 4.98 Å². The number of pyridine rings is 1. The van der Waals surface area contributed by atoms with Crippen LogP contribution in [-0.4, -0.2) is 47.9 Å². The first kappa shape index (κ1) is 25.1. The molecule has 0 radical (unpaired) electrons. The van der Waals surface area contributed by atoms with Gasteiger partial charge in [0.1, 0.15) is 12.3 Å². The first-order valence-corrected chi connectivity index (χ1v) is 10.0. The number of hydrazone groups is 2. The monoisotopic (exact) mass is 469 g/mol. The maximum absolute atomic E-state index is 13.3. The largest absolute Gasteiger partial charge is 0.475 e. The molecule has 1 aromatic carbocycles. The number of likely N-dealkylation sites (N-methyl/N-ethyl adjacent to an activating group) is 1. The van der Waals surface area contributed by atoms with Crippen LogP contribution in [-0.2, 0) is 6.18 Å². The molecule has 0 aliphatic rings. The van der Waals surface area contributed by atoms with E-state index in [1.165, 1.54) is 11.1 Å². The highest BCUT2D eigenvalue weighted by atomic mass is 35.5. The van der Waals surface area contributed by atoms with Crippen LogP contribution in [0.4, 0.5) is 18.9 Å². The number of amides is 1. The summed E-state index contributed by atoms with van der Waals surface area (Å²) in [6, 6.07) is 6.44. The number of halogens is 4. The van der Waals surface area contributed by atoms with Gasteiger partial charge in [-0.15, -0.1) is 0 Å². The summed E-state index contributed by atoms with van der Waals surface area (Å²) in [7, 11) is 0. The van der Waals surface area contributed by atoms with Gasteiger partial charge in [-0.2, -0.15) is 28.5 Å². The maximum Gasteiger partial charge on any atom is 0.417 e. The molecule has 1 aromatic heterocycles. The van der Waals surface area contributed by atoms with E-state index in [1.807, 2.05) is 0 Å². The van der Waals surface area contributed by atoms with Crippen molar-refractivity contribution in [1.29, 1.82) is 0 Å². The lowest BCUT2D eigenvalue weighted by Crippen LogP contribution is -2.42. The third-order valence-electron chi connectivity index (χ3n) is 4.45. The second-order valence-electron chi connectivity index (χ2n) is 6.57. The quantitative estimate of drug-likeness (QED) is 0.378. The number of carbonyl (C=O) groups excluding carboxylic acids is 1. The molecule has 0 N–H and O–H groups in total. The van der Waals surface area contributed by atoms with Crippen LogP contribution in [0.3, 0.4) is 0 Å². The summed E-state index contributed by atoms with van der Waals surface area (Å²) < 4.78 is 43.5. The highest BCUT2D eigenvalue weighted by Gasteiger charge is 2.31. The number of rotatable bonds is 9. The summed E-state index contributed by atoms with van der Waals surface area (Å²) >= 11 is 6.31. The summed E-state index contributed by atoms with van der Waals surface area (Å²) in [5, 5.41) is 9.29. The van der Waals surface area contributed by atoms with Gasteiger partial charge in [0.15, 0.2) is 0 Å². The van der Waals surface area contributed by atoms with Crippen molar-refractivity contribution in [2.24, 2.45) is 10.2 Å². The van der Waals surface area contributed by atoms with E-state index >= 15 is 0 Å². The molecule has 0 saturated carbocycles. The Labute approximate surface area is 189 Å². The van der Waals surface area contributed by atoms with Crippen LogP contribution >= 0.6 is 11.6 Å². The molecule has 0 aliphatic carbocycles. The Bertz CT molecular complexity index is 967. The van der Waals surface area contributed by atoms with Crippen molar-refractivity contribution in [1.82, 2.24) is 9.88 Å². The second-order valence-corrected chi connectivity index (χ2v) is 6.98. The topological polar surface area (TPSA) is 70.4 Å². The first-order chi connectivity index (χ1) is 15.1. The Hall–Kier alpha value is -3.14. The number of nitrogens with zero attached hydrogens (tertiary/aromatic N) is 5. The molecule has 1 heterocycles. The summed E-state index contributed by atoms with van der Waals surface area (Å²) in [6.45, 7) is 9.05. The Morgan fingerprint density at radius 1 is 1.34 bits per heavy atom. The summed E-state index contributed by atoms with van der Waals surface area (Å²) in [4.78, 5) is 18.5. The summed E-state index contributed by atoms with van der Waals surface area (Å²) in [5.74, 6) is -0.322. The molecular weight excluding hydrogens is 447 g/mol. The molecule has 1 amide bonds. The fraction of sp³-hybridized carbons (Fsp3) is 0.333. The van der Waals surface area contributed by atoms with E-state index in [-0.39, 0.29) is 34.7 Å². The second kappa shape index (κ2) is 10.9. The SMILES string of the molecule is C=NN(/N=C\C)c1c(Cl)cccc1C(=O)N(CC)[C@@H](C)COc1ccc(C(F)(F)F)cn1. The van der Waals surface area contributed by atoms with Crippen LogP contribution < -0.4 is 9.85 Å². The minimum absolute atomic E-state index is 0.0182. The molecule has 0 fully saturated rings. The Kier molecular flexibility index (Phi) is 8.59. The molecule has 2 rings (SSSR count). The third-order valence-corrected chi connectivity index (χ3v) is 4.75. The molecule has 0 unspecified atom stereocenters. The minimum atomic E-state index is -4.48. The Morgan fingerprint density at radius 3 is 2.59 bits per heavy atom. The number of hydrogen-bond donors (Lipinski definition) is 0. The van der Waals surface area contributed by atoms with E-state index in [4.69, 9.17) is 16.3 Å². The maximum atomic E-state index is 13.3. The predicted molar refractivity (Wildman–Crippen MR) is 119 cm³/mol. The summed E-state index contributed by atoms with van der Waals surface area (Å²) in [5.41, 5.74) is -0.327. The highest BCUT2D eigenvalue weighted by molar-refractivity contribution is 6.34. The number of hydrogen-bond acceptors (Lipinski definition) is 6. The zero-order chi connectivity index (χ0) is 23.9. The lowest BCUT2D eigenvalue weighted by molar-refractivity contribution is -0.137. The standard InChI is InChI=1S/C21H23ClF3N5O2/c1-5-28-30(26-4)19-16(8-7-9-17(19)22)20(31)29(6-2)14(3)13-32-18-11-10-15(12-27-18)21(23,24)25/h5,7-12,14H,4,6,13H2,1-3H3/b28-5-/t14-/m0/s1. The number of aromatic nitrogens is 1. The van der Waals surface area contributed by atoms with Crippen LogP contribution in [0.5, 0.6) is 5.88 Å². The lowest BCUT2D eigenvalue weighted by Gasteiger charge is -2.29. The molecule has 32 heavy (non-hydrogen) atoms. The van der Waals surface area contributed by atoms with Crippen molar-refractivity contribution >= 4 is 36.1 Å². The van der Waals surface area contributed by atoms with Crippen LogP contribution in [0.15, 0.2) is 46.7 Å². The number of carbonyl (C=O) groups is 1. The van der Waals surface area contributed by atoms with Gasteiger partial charge in [0, 0.05) is 31.7 Å². The van der Waals surface area contributed by atoms with Gasteiger partial charge in [-0.05, 0) is 39.0 Å². The van der Waals surface area contributed by atoms with Crippen molar-refractivity contribution in [3.8, 4) is 5.88 Å². The van der Waals surface area contributed by atoms with E-state index in [2.05, 4.69) is 21.9 Å². The minimum Gasteiger partial charge on any atom is -0.475 e. The Morgan fingerprint density at radius 2 is 2.06 bits per heavy atom. The molecule has 0 aliphatic heterocycles. The first-order valence-electron chi connectivity index (χ1n) is 9.64. The van der Waals surface area contributed by atoms with Crippen molar-refractivity contribution < 1.29 is 22.7 Å². The van der Waals surface area contributed by atoms with Gasteiger partial charge in [0.25, 0.3) is 5.91 Å². The average molecular weight is 470 g/mol. The predicted octanol–water partition coefficient (Wildman–Crippen LogP) is 5.11. The normalized spacial score (nSPS) is 12.5. The van der Waals surface area contributed by atoms with E-state index in [1.54, 1.807) is 39.0 Å². The van der Waals surface area contributed by atoms with Crippen LogP contribution in [0, 0.1) is 0 Å². The highest BCUT2D eigenvalue weighted by Crippen LogP contribution is 2.32. The van der Waals surface area contributed by atoms with Gasteiger partial charge in [-0.1, -0.05) is 17.7 Å². The molecular formula is C21H23ClF3N5O2. The molecule has 172 valence electrons. The van der Waals surface area contributed by atoms with E-state index in [0.717, 1.165) is 17.3 Å². The number of alkyl halides is 3. The van der Waals surface area contributed by atoms with Crippen molar-refractivity contribution in [2.75, 3.05) is 18.3 Å². The molecule has 1 atom stereocenters. The molecule has 7 nitrogen and oxygen atoms in total. The number of para-hydroxylation sites is 1. The van der Waals surface area contributed by atoms with Crippen LogP contribution in [0.2, 0.25) is 5.02 Å². The van der Waals surface area contributed by atoms with Gasteiger partial charge < -0.3 is 9.64 Å². The van der Waals surface area contributed by atoms with Crippen molar-refractivity contribution in [3.05, 3.63) is 52.7 Å². The van der Waals surface area contributed by atoms with E-state index < -0.39 is 17.8 Å². The number of benzene rings is 1. The van der Waals surface area contributed by atoms with Crippen molar-refractivity contribution in [3.63, 3.8) is 0 Å². The molecule has 2 aromatic rings. The van der Waals surface area contributed by atoms with Gasteiger partial charge in [0.05, 0.1) is 22.2 Å². The fourth-order valence-corrected chi connectivity index (χ4v) is 3.16. The average Bonchev–Trinajstić information content (AvgIpc) is 2.76.